The molecule has 0 aliphatic carbocycles. The van der Waals surface area contributed by atoms with Crippen molar-refractivity contribution in [3.63, 3.8) is 0 Å². The molecule has 4 rings (SSSR count). The topological polar surface area (TPSA) is 88.8 Å². The molecule has 0 saturated carbocycles. The first-order valence-electron chi connectivity index (χ1n) is 10.0. The quantitative estimate of drug-likeness (QED) is 0.601. The molecular formula is C22H23FN2O5S. The third-order valence-corrected chi connectivity index (χ3v) is 7.42. The van der Waals surface area contributed by atoms with Crippen molar-refractivity contribution >= 4 is 26.9 Å². The number of nitrogens with zero attached hydrogens (tertiary/aromatic N) is 2. The predicted octanol–water partition coefficient (Wildman–Crippen LogP) is 3.44. The summed E-state index contributed by atoms with van der Waals surface area (Å²) < 4.78 is 48.5. The van der Waals surface area contributed by atoms with Crippen molar-refractivity contribution < 1.29 is 27.4 Å². The number of sulfonamides is 1. The molecule has 31 heavy (non-hydrogen) atoms. The Morgan fingerprint density at radius 3 is 2.65 bits per heavy atom. The molecule has 1 aromatic heterocycles. The number of carboxylic acids is 1. The van der Waals surface area contributed by atoms with E-state index < -0.39 is 21.8 Å². The second kappa shape index (κ2) is 8.32. The molecule has 0 amide bonds. The fourth-order valence-corrected chi connectivity index (χ4v) is 5.62. The molecule has 0 bridgehead atoms. The largest absolute Gasteiger partial charge is 0.494 e. The standard InChI is InChI=1S/C22H23FN2O5S/c1-2-30-17-4-6-18(7-5-17)31(28,29)25-10-9-15(12-25)20-13-24(14-22(26)27)21-8-3-16(23)11-19(20)21/h3-8,11,13,15H,2,9-10,12,14H2,1H3,(H,26,27). The van der Waals surface area contributed by atoms with Gasteiger partial charge in [0.1, 0.15) is 18.1 Å². The first-order chi connectivity index (χ1) is 14.8. The van der Waals surface area contributed by atoms with Crippen molar-refractivity contribution in [2.24, 2.45) is 0 Å². The summed E-state index contributed by atoms with van der Waals surface area (Å²) in [7, 11) is -3.68. The van der Waals surface area contributed by atoms with Crippen molar-refractivity contribution in [2.45, 2.75) is 30.7 Å². The van der Waals surface area contributed by atoms with Crippen molar-refractivity contribution in [1.82, 2.24) is 8.87 Å². The first kappa shape index (κ1) is 21.3. The molecule has 164 valence electrons. The summed E-state index contributed by atoms with van der Waals surface area (Å²) in [5.41, 5.74) is 1.38. The number of halogens is 1. The van der Waals surface area contributed by atoms with Gasteiger partial charge < -0.3 is 14.4 Å². The number of aliphatic carboxylic acids is 1. The van der Waals surface area contributed by atoms with Gasteiger partial charge >= 0.3 is 5.97 Å². The number of hydrogen-bond acceptors (Lipinski definition) is 4. The lowest BCUT2D eigenvalue weighted by atomic mass is 9.98. The van der Waals surface area contributed by atoms with E-state index in [1.807, 2.05) is 6.92 Å². The van der Waals surface area contributed by atoms with Crippen LogP contribution in [0.25, 0.3) is 10.9 Å². The lowest BCUT2D eigenvalue weighted by molar-refractivity contribution is -0.137. The fraction of sp³-hybridized carbons (Fsp3) is 0.318. The van der Waals surface area contributed by atoms with Crippen LogP contribution in [0.5, 0.6) is 5.75 Å². The van der Waals surface area contributed by atoms with Crippen LogP contribution in [0.15, 0.2) is 53.6 Å². The highest BCUT2D eigenvalue weighted by Crippen LogP contribution is 2.36. The Hall–Kier alpha value is -2.91. The van der Waals surface area contributed by atoms with Crippen molar-refractivity contribution in [3.8, 4) is 5.75 Å². The molecule has 0 spiro atoms. The van der Waals surface area contributed by atoms with E-state index in [0.29, 0.717) is 36.2 Å². The lowest BCUT2D eigenvalue weighted by Crippen LogP contribution is -2.28. The summed E-state index contributed by atoms with van der Waals surface area (Å²) in [5.74, 6) is -0.969. The predicted molar refractivity (Wildman–Crippen MR) is 113 cm³/mol. The molecule has 7 nitrogen and oxygen atoms in total. The van der Waals surface area contributed by atoms with Gasteiger partial charge in [0, 0.05) is 36.1 Å². The zero-order valence-corrected chi connectivity index (χ0v) is 17.8. The number of fused-ring (bicyclic) bond motifs is 1. The van der Waals surface area contributed by atoms with Crippen molar-refractivity contribution in [1.29, 1.82) is 0 Å². The number of rotatable bonds is 7. The Kier molecular flexibility index (Phi) is 5.72. The molecule has 1 aliphatic heterocycles. The molecule has 1 aliphatic rings. The lowest BCUT2D eigenvalue weighted by Gasteiger charge is -2.17. The Morgan fingerprint density at radius 2 is 1.97 bits per heavy atom. The van der Waals surface area contributed by atoms with Crippen LogP contribution in [0.3, 0.4) is 0 Å². The molecule has 1 N–H and O–H groups in total. The highest BCUT2D eigenvalue weighted by Gasteiger charge is 2.34. The average Bonchev–Trinajstić information content (AvgIpc) is 3.34. The van der Waals surface area contributed by atoms with Gasteiger partial charge in [0.15, 0.2) is 0 Å². The molecule has 2 heterocycles. The summed E-state index contributed by atoms with van der Waals surface area (Å²) in [6, 6.07) is 10.6. The third kappa shape index (κ3) is 4.15. The molecular weight excluding hydrogens is 423 g/mol. The van der Waals surface area contributed by atoms with Crippen LogP contribution >= 0.6 is 0 Å². The van der Waals surface area contributed by atoms with E-state index in [9.17, 15) is 22.7 Å². The molecule has 9 heteroatoms. The Balaban J connectivity index is 1.62. The highest BCUT2D eigenvalue weighted by molar-refractivity contribution is 7.89. The van der Waals surface area contributed by atoms with Gasteiger partial charge in [-0.3, -0.25) is 4.79 Å². The van der Waals surface area contributed by atoms with E-state index in [0.717, 1.165) is 5.56 Å². The fourth-order valence-electron chi connectivity index (χ4n) is 4.12. The van der Waals surface area contributed by atoms with Gasteiger partial charge in [-0.25, -0.2) is 12.8 Å². The molecule has 2 aromatic carbocycles. The first-order valence-corrected chi connectivity index (χ1v) is 11.5. The van der Waals surface area contributed by atoms with Crippen LogP contribution in [-0.4, -0.2) is 48.1 Å². The number of aromatic nitrogens is 1. The SMILES string of the molecule is CCOc1ccc(S(=O)(=O)N2CCC(c3cn(CC(=O)O)c4ccc(F)cc34)C2)cc1. The van der Waals surface area contributed by atoms with E-state index >= 15 is 0 Å². The van der Waals surface area contributed by atoms with Crippen LogP contribution in [0.2, 0.25) is 0 Å². The Morgan fingerprint density at radius 1 is 1.23 bits per heavy atom. The monoisotopic (exact) mass is 446 g/mol. The minimum Gasteiger partial charge on any atom is -0.494 e. The minimum absolute atomic E-state index is 0.156. The maximum atomic E-state index is 13.9. The smallest absolute Gasteiger partial charge is 0.323 e. The normalized spacial score (nSPS) is 17.3. The van der Waals surface area contributed by atoms with E-state index in [1.54, 1.807) is 29.0 Å². The number of carbonyl (C=O) groups is 1. The zero-order valence-electron chi connectivity index (χ0n) is 17.0. The maximum absolute atomic E-state index is 13.9. The van der Waals surface area contributed by atoms with Gasteiger partial charge in [-0.1, -0.05) is 0 Å². The van der Waals surface area contributed by atoms with E-state index in [-0.39, 0.29) is 23.9 Å². The second-order valence-electron chi connectivity index (χ2n) is 7.52. The van der Waals surface area contributed by atoms with Gasteiger partial charge in [0.2, 0.25) is 10.0 Å². The van der Waals surface area contributed by atoms with Crippen LogP contribution in [0.1, 0.15) is 24.8 Å². The van der Waals surface area contributed by atoms with Gasteiger partial charge in [-0.05, 0) is 61.4 Å². The number of benzene rings is 2. The van der Waals surface area contributed by atoms with Gasteiger partial charge in [0.05, 0.1) is 11.5 Å². The number of carboxylic acid groups (broad SMARTS) is 1. The number of hydrogen-bond donors (Lipinski definition) is 1. The molecule has 1 unspecified atom stereocenters. The summed E-state index contributed by atoms with van der Waals surface area (Å²) >= 11 is 0. The van der Waals surface area contributed by atoms with Gasteiger partial charge in [-0.2, -0.15) is 4.31 Å². The Labute approximate surface area is 179 Å². The summed E-state index contributed by atoms with van der Waals surface area (Å²) in [5, 5.41) is 9.81. The summed E-state index contributed by atoms with van der Waals surface area (Å²) in [4.78, 5) is 11.4. The van der Waals surface area contributed by atoms with Gasteiger partial charge in [-0.15, -0.1) is 0 Å². The average molecular weight is 447 g/mol. The highest BCUT2D eigenvalue weighted by atomic mass is 32.2. The second-order valence-corrected chi connectivity index (χ2v) is 9.46. The molecule has 0 radical (unpaired) electrons. The Bertz CT molecular complexity index is 1220. The zero-order chi connectivity index (χ0) is 22.2. The van der Waals surface area contributed by atoms with Crippen LogP contribution in [0.4, 0.5) is 4.39 Å². The molecule has 1 fully saturated rings. The minimum atomic E-state index is -3.68. The van der Waals surface area contributed by atoms with Crippen molar-refractivity contribution in [3.05, 3.63) is 60.0 Å². The van der Waals surface area contributed by atoms with Crippen LogP contribution in [-0.2, 0) is 21.4 Å². The van der Waals surface area contributed by atoms with Crippen LogP contribution < -0.4 is 4.74 Å². The van der Waals surface area contributed by atoms with E-state index in [4.69, 9.17) is 4.74 Å². The molecule has 1 atom stereocenters. The van der Waals surface area contributed by atoms with E-state index in [1.165, 1.54) is 28.6 Å². The maximum Gasteiger partial charge on any atom is 0.323 e. The number of ether oxygens (including phenoxy) is 1. The van der Waals surface area contributed by atoms with Crippen molar-refractivity contribution in [2.75, 3.05) is 19.7 Å². The van der Waals surface area contributed by atoms with Gasteiger partial charge in [0.25, 0.3) is 0 Å². The summed E-state index contributed by atoms with van der Waals surface area (Å²) in [6.45, 7) is 2.69. The summed E-state index contributed by atoms with van der Waals surface area (Å²) in [6.07, 6.45) is 2.27. The van der Waals surface area contributed by atoms with Crippen LogP contribution in [0, 0.1) is 5.82 Å². The van der Waals surface area contributed by atoms with E-state index in [2.05, 4.69) is 0 Å². The molecule has 1 saturated heterocycles. The molecule has 3 aromatic rings. The third-order valence-electron chi connectivity index (χ3n) is 5.54.